The second-order valence-electron chi connectivity index (χ2n) is 6.24. The van der Waals surface area contributed by atoms with Gasteiger partial charge in [-0.05, 0) is 24.1 Å². The number of carbonyl (C=O) groups excluding carboxylic acids is 2. The number of amides is 2. The molecule has 1 aromatic heterocycles. The smallest absolute Gasteiger partial charge is 0.228 e. The van der Waals surface area contributed by atoms with E-state index in [1.807, 2.05) is 12.1 Å². The van der Waals surface area contributed by atoms with Gasteiger partial charge < -0.3 is 15.4 Å². The van der Waals surface area contributed by atoms with Crippen molar-refractivity contribution in [3.05, 3.63) is 34.8 Å². The van der Waals surface area contributed by atoms with E-state index in [9.17, 15) is 9.59 Å². The van der Waals surface area contributed by atoms with Gasteiger partial charge in [0.15, 0.2) is 0 Å². The van der Waals surface area contributed by atoms with Crippen molar-refractivity contribution < 1.29 is 14.3 Å². The van der Waals surface area contributed by atoms with Gasteiger partial charge in [0, 0.05) is 13.3 Å². The van der Waals surface area contributed by atoms with Crippen molar-refractivity contribution in [3.63, 3.8) is 0 Å². The summed E-state index contributed by atoms with van der Waals surface area (Å²) < 4.78 is 5.15. The molecule has 0 aliphatic carbocycles. The van der Waals surface area contributed by atoms with E-state index in [-0.39, 0.29) is 18.2 Å². The molecule has 0 radical (unpaired) electrons. The van der Waals surface area contributed by atoms with E-state index in [1.165, 1.54) is 18.3 Å². The zero-order valence-corrected chi connectivity index (χ0v) is 16.8. The molecule has 2 N–H and O–H groups in total. The van der Waals surface area contributed by atoms with E-state index in [2.05, 4.69) is 27.8 Å². The normalized spacial score (nSPS) is 11.7. The molecule has 2 rings (SSSR count). The van der Waals surface area contributed by atoms with Gasteiger partial charge >= 0.3 is 0 Å². The number of rotatable bonds is 10. The highest BCUT2D eigenvalue weighted by Gasteiger charge is 2.18. The van der Waals surface area contributed by atoms with E-state index in [0.29, 0.717) is 10.9 Å². The van der Waals surface area contributed by atoms with Crippen molar-refractivity contribution in [2.45, 2.75) is 52.0 Å². The minimum atomic E-state index is -0.426. The number of nitrogens with one attached hydrogen (secondary N) is 2. The summed E-state index contributed by atoms with van der Waals surface area (Å²) in [7, 11) is 1.59. The van der Waals surface area contributed by atoms with Crippen molar-refractivity contribution >= 4 is 28.3 Å². The standard InChI is InChI=1S/C19H26N4O3S/c1-4-5-6-7-18-22-23-19(27-18)21-17(25)12-16(20-13(2)24)14-8-10-15(26-3)11-9-14/h8-11,16H,4-7,12H2,1-3H3,(H,20,24)(H,21,23,25)/t16-/m1/s1. The monoisotopic (exact) mass is 390 g/mol. The van der Waals surface area contributed by atoms with Gasteiger partial charge in [-0.15, -0.1) is 10.2 Å². The van der Waals surface area contributed by atoms with Crippen LogP contribution in [0.15, 0.2) is 24.3 Å². The number of hydrogen-bond donors (Lipinski definition) is 2. The Hall–Kier alpha value is -2.48. The first-order chi connectivity index (χ1) is 13.0. The summed E-state index contributed by atoms with van der Waals surface area (Å²) in [5, 5.41) is 15.2. The molecular weight excluding hydrogens is 364 g/mol. The maximum atomic E-state index is 12.4. The summed E-state index contributed by atoms with van der Waals surface area (Å²) in [5.41, 5.74) is 0.832. The van der Waals surface area contributed by atoms with E-state index < -0.39 is 6.04 Å². The Morgan fingerprint density at radius 3 is 2.56 bits per heavy atom. The Balaban J connectivity index is 1.97. The van der Waals surface area contributed by atoms with Crippen LogP contribution in [0.2, 0.25) is 0 Å². The molecule has 27 heavy (non-hydrogen) atoms. The van der Waals surface area contributed by atoms with Crippen molar-refractivity contribution in [2.75, 3.05) is 12.4 Å². The van der Waals surface area contributed by atoms with Crippen molar-refractivity contribution in [1.29, 1.82) is 0 Å². The van der Waals surface area contributed by atoms with E-state index in [0.717, 1.165) is 36.3 Å². The highest BCUT2D eigenvalue weighted by atomic mass is 32.1. The van der Waals surface area contributed by atoms with Crippen LogP contribution in [0, 0.1) is 0 Å². The second-order valence-corrected chi connectivity index (χ2v) is 7.30. The third kappa shape index (κ3) is 6.97. The molecular formula is C19H26N4O3S. The van der Waals surface area contributed by atoms with Gasteiger partial charge in [0.25, 0.3) is 0 Å². The van der Waals surface area contributed by atoms with Gasteiger partial charge in [0.05, 0.1) is 19.6 Å². The highest BCUT2D eigenvalue weighted by Crippen LogP contribution is 2.22. The molecule has 0 bridgehead atoms. The number of aromatic nitrogens is 2. The Labute approximate surface area is 163 Å². The van der Waals surface area contributed by atoms with E-state index in [4.69, 9.17) is 4.74 Å². The van der Waals surface area contributed by atoms with Crippen LogP contribution >= 0.6 is 11.3 Å². The lowest BCUT2D eigenvalue weighted by atomic mass is 10.0. The topological polar surface area (TPSA) is 93.2 Å². The third-order valence-corrected chi connectivity index (χ3v) is 4.89. The molecule has 2 aromatic rings. The van der Waals surface area contributed by atoms with Crippen molar-refractivity contribution in [2.24, 2.45) is 0 Å². The number of unbranched alkanes of at least 4 members (excludes halogenated alkanes) is 2. The SMILES string of the molecule is CCCCCc1nnc(NC(=O)C[C@@H](NC(C)=O)c2ccc(OC)cc2)s1. The molecule has 0 fully saturated rings. The number of nitrogens with zero attached hydrogens (tertiary/aromatic N) is 2. The van der Waals surface area contributed by atoms with Crippen LogP contribution in [0.25, 0.3) is 0 Å². The van der Waals surface area contributed by atoms with Gasteiger partial charge in [-0.2, -0.15) is 0 Å². The van der Waals surface area contributed by atoms with Crippen LogP contribution in [-0.2, 0) is 16.0 Å². The molecule has 1 heterocycles. The molecule has 0 spiro atoms. The summed E-state index contributed by atoms with van der Waals surface area (Å²) in [6, 6.07) is 6.85. The predicted octanol–water partition coefficient (Wildman–Crippen LogP) is 3.49. The number of hydrogen-bond acceptors (Lipinski definition) is 6. The number of carbonyl (C=O) groups is 2. The molecule has 0 aliphatic rings. The molecule has 1 aromatic carbocycles. The lowest BCUT2D eigenvalue weighted by Crippen LogP contribution is -2.29. The maximum Gasteiger partial charge on any atom is 0.228 e. The predicted molar refractivity (Wildman–Crippen MR) is 106 cm³/mol. The van der Waals surface area contributed by atoms with Crippen LogP contribution in [0.1, 0.15) is 56.1 Å². The van der Waals surface area contributed by atoms with Crippen molar-refractivity contribution in [3.8, 4) is 5.75 Å². The summed E-state index contributed by atoms with van der Waals surface area (Å²) in [5.74, 6) is 0.299. The molecule has 8 heteroatoms. The molecule has 0 saturated heterocycles. The third-order valence-electron chi connectivity index (χ3n) is 3.99. The zero-order valence-electron chi connectivity index (χ0n) is 15.9. The van der Waals surface area contributed by atoms with Crippen LogP contribution in [0.4, 0.5) is 5.13 Å². The Morgan fingerprint density at radius 1 is 1.19 bits per heavy atom. The first kappa shape index (κ1) is 20.8. The average molecular weight is 391 g/mol. The number of benzene rings is 1. The fraction of sp³-hybridized carbons (Fsp3) is 0.474. The molecule has 2 amide bonds. The summed E-state index contributed by atoms with van der Waals surface area (Å²) in [6.45, 7) is 3.59. The van der Waals surface area contributed by atoms with Gasteiger partial charge in [-0.1, -0.05) is 43.2 Å². The molecule has 0 aliphatic heterocycles. The first-order valence-electron chi connectivity index (χ1n) is 9.05. The van der Waals surface area contributed by atoms with Gasteiger partial charge in [-0.3, -0.25) is 9.59 Å². The van der Waals surface area contributed by atoms with Crippen LogP contribution in [0.3, 0.4) is 0 Å². The Morgan fingerprint density at radius 2 is 1.93 bits per heavy atom. The van der Waals surface area contributed by atoms with Crippen LogP contribution in [-0.4, -0.2) is 29.1 Å². The van der Waals surface area contributed by atoms with Gasteiger partial charge in [-0.25, -0.2) is 0 Å². The lowest BCUT2D eigenvalue weighted by molar-refractivity contribution is -0.120. The lowest BCUT2D eigenvalue weighted by Gasteiger charge is -2.18. The first-order valence-corrected chi connectivity index (χ1v) is 9.86. The van der Waals surface area contributed by atoms with Crippen molar-refractivity contribution in [1.82, 2.24) is 15.5 Å². The molecule has 7 nitrogen and oxygen atoms in total. The average Bonchev–Trinajstić information content (AvgIpc) is 3.08. The molecule has 1 atom stereocenters. The maximum absolute atomic E-state index is 12.4. The second kappa shape index (κ2) is 10.6. The molecule has 146 valence electrons. The van der Waals surface area contributed by atoms with Gasteiger partial charge in [0.1, 0.15) is 10.8 Å². The van der Waals surface area contributed by atoms with Crippen LogP contribution in [0.5, 0.6) is 5.75 Å². The summed E-state index contributed by atoms with van der Waals surface area (Å²) in [6.07, 6.45) is 4.36. The minimum absolute atomic E-state index is 0.108. The Bertz CT molecular complexity index is 746. The molecule has 0 unspecified atom stereocenters. The Kier molecular flexibility index (Phi) is 8.19. The van der Waals surface area contributed by atoms with E-state index in [1.54, 1.807) is 19.2 Å². The fourth-order valence-corrected chi connectivity index (χ4v) is 3.42. The minimum Gasteiger partial charge on any atom is -0.497 e. The van der Waals surface area contributed by atoms with E-state index >= 15 is 0 Å². The number of methoxy groups -OCH3 is 1. The highest BCUT2D eigenvalue weighted by molar-refractivity contribution is 7.15. The number of anilines is 1. The quantitative estimate of drug-likeness (QED) is 0.606. The zero-order chi connectivity index (χ0) is 19.6. The summed E-state index contributed by atoms with van der Waals surface area (Å²) >= 11 is 1.40. The number of aryl methyl sites for hydroxylation is 1. The van der Waals surface area contributed by atoms with Crippen LogP contribution < -0.4 is 15.4 Å². The fourth-order valence-electron chi connectivity index (χ4n) is 2.62. The summed E-state index contributed by atoms with van der Waals surface area (Å²) in [4.78, 5) is 24.0. The van der Waals surface area contributed by atoms with Gasteiger partial charge in [0.2, 0.25) is 16.9 Å². The number of ether oxygens (including phenoxy) is 1. The largest absolute Gasteiger partial charge is 0.497 e. The molecule has 0 saturated carbocycles.